The number of carbonyl (C=O) groups excluding carboxylic acids is 1. The van der Waals surface area contributed by atoms with E-state index in [1.165, 1.54) is 0 Å². The Hall–Kier alpha value is -2.70. The van der Waals surface area contributed by atoms with Crippen molar-refractivity contribution >= 4 is 28.5 Å². The Bertz CT molecular complexity index is 917. The molecule has 0 radical (unpaired) electrons. The molecule has 1 aromatic heterocycles. The van der Waals surface area contributed by atoms with Gasteiger partial charge in [0.05, 0.1) is 11.6 Å². The summed E-state index contributed by atoms with van der Waals surface area (Å²) in [5, 5.41) is 4.08. The first kappa shape index (κ1) is 15.2. The lowest BCUT2D eigenvalue weighted by Gasteiger charge is -1.98. The molecular formula is C19H14ClNO2. The zero-order valence-corrected chi connectivity index (χ0v) is 13.3. The SMILES string of the molecule is Cc1c(C(=O)NCC#Cc2ccccc2)oc2c(Cl)cccc12. The van der Waals surface area contributed by atoms with Gasteiger partial charge in [-0.3, -0.25) is 4.79 Å². The molecule has 0 fully saturated rings. The van der Waals surface area contributed by atoms with Gasteiger partial charge in [-0.25, -0.2) is 0 Å². The van der Waals surface area contributed by atoms with Gasteiger partial charge in [0, 0.05) is 16.5 Å². The zero-order chi connectivity index (χ0) is 16.2. The summed E-state index contributed by atoms with van der Waals surface area (Å²) in [5.74, 6) is 5.88. The molecule has 3 aromatic rings. The first-order valence-corrected chi connectivity index (χ1v) is 7.54. The highest BCUT2D eigenvalue weighted by molar-refractivity contribution is 6.35. The van der Waals surface area contributed by atoms with Crippen LogP contribution in [0, 0.1) is 18.8 Å². The van der Waals surface area contributed by atoms with Gasteiger partial charge in [0.15, 0.2) is 11.3 Å². The second-order valence-corrected chi connectivity index (χ2v) is 5.43. The third kappa shape index (κ3) is 3.23. The van der Waals surface area contributed by atoms with Crippen LogP contribution in [0.1, 0.15) is 21.7 Å². The van der Waals surface area contributed by atoms with Gasteiger partial charge in [0.25, 0.3) is 5.91 Å². The number of halogens is 1. The van der Waals surface area contributed by atoms with E-state index < -0.39 is 0 Å². The van der Waals surface area contributed by atoms with Crippen LogP contribution in [0.3, 0.4) is 0 Å². The van der Waals surface area contributed by atoms with Crippen LogP contribution in [0.15, 0.2) is 52.9 Å². The number of aryl methyl sites for hydroxylation is 1. The highest BCUT2D eigenvalue weighted by Crippen LogP contribution is 2.30. The van der Waals surface area contributed by atoms with E-state index in [4.69, 9.17) is 16.0 Å². The summed E-state index contributed by atoms with van der Waals surface area (Å²) in [5.41, 5.74) is 2.22. The number of carbonyl (C=O) groups is 1. The van der Waals surface area contributed by atoms with Gasteiger partial charge in [0.1, 0.15) is 0 Å². The van der Waals surface area contributed by atoms with Crippen molar-refractivity contribution in [2.75, 3.05) is 6.54 Å². The number of furan rings is 1. The minimum absolute atomic E-state index is 0.248. The number of hydrogen-bond acceptors (Lipinski definition) is 2. The number of amides is 1. The molecule has 0 saturated heterocycles. The number of benzene rings is 2. The van der Waals surface area contributed by atoms with Crippen molar-refractivity contribution in [2.24, 2.45) is 0 Å². The van der Waals surface area contributed by atoms with Crippen molar-refractivity contribution < 1.29 is 9.21 Å². The maximum Gasteiger partial charge on any atom is 0.288 e. The summed E-state index contributed by atoms with van der Waals surface area (Å²) >= 11 is 6.09. The Labute approximate surface area is 139 Å². The number of nitrogens with one attached hydrogen (secondary N) is 1. The fourth-order valence-corrected chi connectivity index (χ4v) is 2.51. The van der Waals surface area contributed by atoms with Crippen LogP contribution >= 0.6 is 11.6 Å². The van der Waals surface area contributed by atoms with Crippen LogP contribution in [0.5, 0.6) is 0 Å². The molecule has 0 saturated carbocycles. The Balaban J connectivity index is 1.73. The first-order chi connectivity index (χ1) is 11.2. The van der Waals surface area contributed by atoms with Crippen LogP contribution in [-0.4, -0.2) is 12.5 Å². The molecule has 4 heteroatoms. The molecule has 23 heavy (non-hydrogen) atoms. The molecule has 1 N–H and O–H groups in total. The van der Waals surface area contributed by atoms with Crippen molar-refractivity contribution in [1.82, 2.24) is 5.32 Å². The fourth-order valence-electron chi connectivity index (χ4n) is 2.30. The Morgan fingerprint density at radius 3 is 2.70 bits per heavy atom. The van der Waals surface area contributed by atoms with Crippen LogP contribution in [0.2, 0.25) is 5.02 Å². The number of fused-ring (bicyclic) bond motifs is 1. The Kier molecular flexibility index (Phi) is 4.36. The van der Waals surface area contributed by atoms with E-state index in [2.05, 4.69) is 17.2 Å². The van der Waals surface area contributed by atoms with E-state index >= 15 is 0 Å². The van der Waals surface area contributed by atoms with Crippen LogP contribution in [0.25, 0.3) is 11.0 Å². The second-order valence-electron chi connectivity index (χ2n) is 5.02. The average molecular weight is 324 g/mol. The molecule has 0 bridgehead atoms. The van der Waals surface area contributed by atoms with Gasteiger partial charge >= 0.3 is 0 Å². The molecule has 1 amide bonds. The van der Waals surface area contributed by atoms with Crippen molar-refractivity contribution in [1.29, 1.82) is 0 Å². The molecule has 2 aromatic carbocycles. The quantitative estimate of drug-likeness (QED) is 0.719. The van der Waals surface area contributed by atoms with E-state index in [0.29, 0.717) is 10.6 Å². The van der Waals surface area contributed by atoms with E-state index in [9.17, 15) is 4.79 Å². The lowest BCUT2D eigenvalue weighted by atomic mass is 10.1. The monoisotopic (exact) mass is 323 g/mol. The summed E-state index contributed by atoms with van der Waals surface area (Å²) in [6, 6.07) is 15.1. The van der Waals surface area contributed by atoms with E-state index in [0.717, 1.165) is 16.5 Å². The van der Waals surface area contributed by atoms with Crippen LogP contribution < -0.4 is 5.32 Å². The maximum atomic E-state index is 12.2. The molecule has 0 unspecified atom stereocenters. The highest BCUT2D eigenvalue weighted by Gasteiger charge is 2.18. The van der Waals surface area contributed by atoms with Gasteiger partial charge in [0.2, 0.25) is 0 Å². The molecule has 0 aliphatic carbocycles. The van der Waals surface area contributed by atoms with Crippen LogP contribution in [-0.2, 0) is 0 Å². The number of hydrogen-bond donors (Lipinski definition) is 1. The Morgan fingerprint density at radius 1 is 1.17 bits per heavy atom. The highest BCUT2D eigenvalue weighted by atomic mass is 35.5. The van der Waals surface area contributed by atoms with E-state index in [1.54, 1.807) is 6.07 Å². The predicted molar refractivity (Wildman–Crippen MR) is 91.6 cm³/mol. The van der Waals surface area contributed by atoms with Crippen LogP contribution in [0.4, 0.5) is 0 Å². The van der Waals surface area contributed by atoms with E-state index in [-0.39, 0.29) is 18.2 Å². The Morgan fingerprint density at radius 2 is 1.96 bits per heavy atom. The molecule has 0 spiro atoms. The third-order valence-electron chi connectivity index (χ3n) is 3.47. The molecule has 114 valence electrons. The van der Waals surface area contributed by atoms with Crippen molar-refractivity contribution in [3.63, 3.8) is 0 Å². The summed E-state index contributed by atoms with van der Waals surface area (Å²) in [4.78, 5) is 12.2. The lowest BCUT2D eigenvalue weighted by molar-refractivity contribution is 0.0932. The molecular weight excluding hydrogens is 310 g/mol. The predicted octanol–water partition coefficient (Wildman–Crippen LogP) is 4.18. The zero-order valence-electron chi connectivity index (χ0n) is 12.5. The largest absolute Gasteiger partial charge is 0.449 e. The first-order valence-electron chi connectivity index (χ1n) is 7.16. The molecule has 3 rings (SSSR count). The van der Waals surface area contributed by atoms with Gasteiger partial charge in [-0.15, -0.1) is 0 Å². The summed E-state index contributed by atoms with van der Waals surface area (Å²) in [7, 11) is 0. The third-order valence-corrected chi connectivity index (χ3v) is 3.76. The molecule has 1 heterocycles. The second kappa shape index (κ2) is 6.60. The van der Waals surface area contributed by atoms with Crippen molar-refractivity contribution in [2.45, 2.75) is 6.92 Å². The maximum absolute atomic E-state index is 12.2. The smallest absolute Gasteiger partial charge is 0.288 e. The van der Waals surface area contributed by atoms with Gasteiger partial charge in [-0.1, -0.05) is 53.8 Å². The van der Waals surface area contributed by atoms with Crippen molar-refractivity contribution in [3.8, 4) is 11.8 Å². The standard InChI is InChI=1S/C19H14ClNO2/c1-13-15-10-5-11-16(20)18(15)23-17(13)19(22)21-12-6-9-14-7-3-2-4-8-14/h2-5,7-8,10-11H,12H2,1H3,(H,21,22). The summed E-state index contributed by atoms with van der Waals surface area (Å²) in [6.07, 6.45) is 0. The van der Waals surface area contributed by atoms with Crippen molar-refractivity contribution in [3.05, 3.63) is 70.4 Å². The molecule has 0 atom stereocenters. The molecule has 3 nitrogen and oxygen atoms in total. The minimum atomic E-state index is -0.294. The fraction of sp³-hybridized carbons (Fsp3) is 0.105. The van der Waals surface area contributed by atoms with E-state index in [1.807, 2.05) is 49.4 Å². The average Bonchev–Trinajstić information content (AvgIpc) is 2.91. The molecule has 0 aliphatic heterocycles. The molecule has 0 aliphatic rings. The van der Waals surface area contributed by atoms with Gasteiger partial charge in [-0.05, 0) is 25.1 Å². The number of para-hydroxylation sites is 1. The lowest BCUT2D eigenvalue weighted by Crippen LogP contribution is -2.23. The summed E-state index contributed by atoms with van der Waals surface area (Å²) < 4.78 is 5.61. The van der Waals surface area contributed by atoms with Gasteiger partial charge in [-0.2, -0.15) is 0 Å². The topological polar surface area (TPSA) is 42.2 Å². The minimum Gasteiger partial charge on any atom is -0.449 e. The van der Waals surface area contributed by atoms with Gasteiger partial charge < -0.3 is 9.73 Å². The summed E-state index contributed by atoms with van der Waals surface area (Å²) in [6.45, 7) is 2.09. The number of rotatable bonds is 2. The normalized spacial score (nSPS) is 10.2.